The van der Waals surface area contributed by atoms with E-state index < -0.39 is 23.9 Å². The van der Waals surface area contributed by atoms with Gasteiger partial charge in [0.15, 0.2) is 0 Å². The van der Waals surface area contributed by atoms with Crippen molar-refractivity contribution in [2.45, 2.75) is 33.4 Å². The predicted octanol–water partition coefficient (Wildman–Crippen LogP) is 1.84. The summed E-state index contributed by atoms with van der Waals surface area (Å²) in [7, 11) is 1.26. The van der Waals surface area contributed by atoms with Gasteiger partial charge in [-0.1, -0.05) is 13.8 Å². The number of ether oxygens (including phenoxy) is 2. The smallest absolute Gasteiger partial charge is 0.354 e. The van der Waals surface area contributed by atoms with Gasteiger partial charge in [-0.3, -0.25) is 4.79 Å². The number of aromatic hydroxyl groups is 1. The summed E-state index contributed by atoms with van der Waals surface area (Å²) in [5.74, 6) is -1.68. The molecule has 1 aromatic carbocycles. The zero-order chi connectivity index (χ0) is 20.1. The summed E-state index contributed by atoms with van der Waals surface area (Å²) in [5, 5.41) is 12.9. The summed E-state index contributed by atoms with van der Waals surface area (Å²) >= 11 is 0. The predicted molar refractivity (Wildman–Crippen MR) is 98.3 cm³/mol. The Morgan fingerprint density at radius 1 is 1.22 bits per heavy atom. The van der Waals surface area contributed by atoms with Gasteiger partial charge in [0.25, 0.3) is 0 Å². The van der Waals surface area contributed by atoms with Crippen LogP contribution in [0.2, 0.25) is 0 Å². The van der Waals surface area contributed by atoms with Gasteiger partial charge in [0.1, 0.15) is 24.0 Å². The average Bonchev–Trinajstić information content (AvgIpc) is 2.96. The van der Waals surface area contributed by atoms with E-state index in [0.29, 0.717) is 10.9 Å². The first-order chi connectivity index (χ1) is 12.8. The second-order valence-electron chi connectivity index (χ2n) is 6.39. The minimum absolute atomic E-state index is 0.0464. The highest BCUT2D eigenvalue weighted by molar-refractivity contribution is 5.97. The molecular formula is C19H24N2O6. The van der Waals surface area contributed by atoms with Crippen LogP contribution in [0.15, 0.2) is 24.3 Å². The van der Waals surface area contributed by atoms with E-state index >= 15 is 0 Å². The van der Waals surface area contributed by atoms with Crippen molar-refractivity contribution >= 4 is 28.7 Å². The Morgan fingerprint density at radius 2 is 1.93 bits per heavy atom. The molecule has 2 N–H and O–H groups in total. The standard InChI is InChI=1S/C19H24N2O6/c1-5-27-18(24)15-9-12-8-13(22)6-7-14(12)21(15)10-16(23)20-17(11(2)3)19(25)26-4/h6-9,11,17,22H,5,10H2,1-4H3,(H,20,23). The Bertz CT molecular complexity index is 855. The maximum atomic E-state index is 12.5. The highest BCUT2D eigenvalue weighted by Gasteiger charge is 2.26. The quantitative estimate of drug-likeness (QED) is 0.714. The fourth-order valence-electron chi connectivity index (χ4n) is 2.79. The molecule has 27 heavy (non-hydrogen) atoms. The lowest BCUT2D eigenvalue weighted by molar-refractivity contribution is -0.146. The van der Waals surface area contributed by atoms with Crippen LogP contribution in [0.4, 0.5) is 0 Å². The SMILES string of the molecule is CCOC(=O)c1cc2cc(O)ccc2n1CC(=O)NC(C(=O)OC)C(C)C. The van der Waals surface area contributed by atoms with Crippen LogP contribution in [0, 0.1) is 5.92 Å². The Balaban J connectivity index is 2.35. The number of hydrogen-bond donors (Lipinski definition) is 2. The topological polar surface area (TPSA) is 107 Å². The second kappa shape index (κ2) is 8.57. The van der Waals surface area contributed by atoms with Crippen LogP contribution < -0.4 is 5.32 Å². The minimum Gasteiger partial charge on any atom is -0.508 e. The molecule has 1 atom stereocenters. The largest absolute Gasteiger partial charge is 0.508 e. The molecule has 8 nitrogen and oxygen atoms in total. The number of methoxy groups -OCH3 is 1. The number of nitrogens with one attached hydrogen (secondary N) is 1. The summed E-state index contributed by atoms with van der Waals surface area (Å²) in [6.07, 6.45) is 0. The molecule has 0 aliphatic rings. The van der Waals surface area contributed by atoms with Crippen molar-refractivity contribution in [3.8, 4) is 5.75 Å². The van der Waals surface area contributed by atoms with Gasteiger partial charge in [-0.05, 0) is 37.1 Å². The van der Waals surface area contributed by atoms with Gasteiger partial charge in [-0.25, -0.2) is 9.59 Å². The zero-order valence-corrected chi connectivity index (χ0v) is 15.8. The number of carbonyl (C=O) groups is 3. The first-order valence-corrected chi connectivity index (χ1v) is 8.65. The molecule has 0 bridgehead atoms. The van der Waals surface area contributed by atoms with E-state index in [9.17, 15) is 19.5 Å². The molecule has 0 saturated carbocycles. The molecular weight excluding hydrogens is 352 g/mol. The van der Waals surface area contributed by atoms with E-state index in [0.717, 1.165) is 0 Å². The lowest BCUT2D eigenvalue weighted by Gasteiger charge is -2.20. The maximum absolute atomic E-state index is 12.5. The molecule has 1 unspecified atom stereocenters. The van der Waals surface area contributed by atoms with Gasteiger partial charge in [-0.2, -0.15) is 0 Å². The van der Waals surface area contributed by atoms with E-state index in [4.69, 9.17) is 9.47 Å². The van der Waals surface area contributed by atoms with Gasteiger partial charge < -0.3 is 24.5 Å². The van der Waals surface area contributed by atoms with Crippen molar-refractivity contribution in [3.05, 3.63) is 30.0 Å². The van der Waals surface area contributed by atoms with Gasteiger partial charge in [0, 0.05) is 10.9 Å². The first kappa shape index (κ1) is 20.3. The molecule has 1 aromatic heterocycles. The monoisotopic (exact) mass is 376 g/mol. The van der Waals surface area contributed by atoms with Gasteiger partial charge in [0.2, 0.25) is 5.91 Å². The van der Waals surface area contributed by atoms with Crippen molar-refractivity contribution in [2.75, 3.05) is 13.7 Å². The Hall–Kier alpha value is -3.03. The normalized spacial score (nSPS) is 12.0. The number of hydrogen-bond acceptors (Lipinski definition) is 6. The molecule has 146 valence electrons. The minimum atomic E-state index is -0.792. The van der Waals surface area contributed by atoms with Gasteiger partial charge in [0.05, 0.1) is 13.7 Å². The van der Waals surface area contributed by atoms with Crippen LogP contribution in [0.3, 0.4) is 0 Å². The summed E-state index contributed by atoms with van der Waals surface area (Å²) in [6.45, 7) is 5.27. The van der Waals surface area contributed by atoms with Crippen molar-refractivity contribution in [1.82, 2.24) is 9.88 Å². The van der Waals surface area contributed by atoms with Gasteiger partial charge >= 0.3 is 11.9 Å². The van der Waals surface area contributed by atoms with E-state index in [1.165, 1.54) is 23.8 Å². The highest BCUT2D eigenvalue weighted by atomic mass is 16.5. The fourth-order valence-corrected chi connectivity index (χ4v) is 2.79. The molecule has 8 heteroatoms. The molecule has 0 spiro atoms. The van der Waals surface area contributed by atoms with Crippen LogP contribution in [0.1, 0.15) is 31.3 Å². The number of nitrogens with zero attached hydrogens (tertiary/aromatic N) is 1. The zero-order valence-electron chi connectivity index (χ0n) is 15.8. The molecule has 0 radical (unpaired) electrons. The molecule has 0 fully saturated rings. The molecule has 1 heterocycles. The summed E-state index contributed by atoms with van der Waals surface area (Å²) < 4.78 is 11.3. The number of amides is 1. The van der Waals surface area contributed by atoms with E-state index in [-0.39, 0.29) is 30.5 Å². The number of phenolic OH excluding ortho intramolecular Hbond substituents is 1. The molecule has 2 rings (SSSR count). The number of fused-ring (bicyclic) bond motifs is 1. The number of esters is 2. The Labute approximate surface area is 157 Å². The van der Waals surface area contributed by atoms with Crippen molar-refractivity contribution in [1.29, 1.82) is 0 Å². The van der Waals surface area contributed by atoms with Crippen LogP contribution in [0.25, 0.3) is 10.9 Å². The highest BCUT2D eigenvalue weighted by Crippen LogP contribution is 2.24. The number of aromatic nitrogens is 1. The number of carbonyl (C=O) groups excluding carboxylic acids is 3. The summed E-state index contributed by atoms with van der Waals surface area (Å²) in [4.78, 5) is 36.7. The van der Waals surface area contributed by atoms with E-state index in [1.54, 1.807) is 32.9 Å². The third-order valence-corrected chi connectivity index (χ3v) is 4.11. The van der Waals surface area contributed by atoms with Crippen LogP contribution in [-0.2, 0) is 25.6 Å². The molecule has 1 amide bonds. The van der Waals surface area contributed by atoms with Crippen LogP contribution in [-0.4, -0.2) is 47.3 Å². The Morgan fingerprint density at radius 3 is 2.52 bits per heavy atom. The molecule has 0 aliphatic carbocycles. The average molecular weight is 376 g/mol. The molecule has 0 aliphatic heterocycles. The number of benzene rings is 1. The molecule has 0 saturated heterocycles. The molecule has 2 aromatic rings. The van der Waals surface area contributed by atoms with Crippen molar-refractivity contribution in [2.24, 2.45) is 5.92 Å². The summed E-state index contributed by atoms with van der Waals surface area (Å²) in [6, 6.07) is 5.34. The second-order valence-corrected chi connectivity index (χ2v) is 6.39. The third kappa shape index (κ3) is 4.58. The lowest BCUT2D eigenvalue weighted by Crippen LogP contribution is -2.46. The first-order valence-electron chi connectivity index (χ1n) is 8.65. The van der Waals surface area contributed by atoms with Crippen molar-refractivity contribution < 1.29 is 29.0 Å². The Kier molecular flexibility index (Phi) is 6.44. The number of phenols is 1. The van der Waals surface area contributed by atoms with Crippen LogP contribution in [0.5, 0.6) is 5.75 Å². The van der Waals surface area contributed by atoms with E-state index in [2.05, 4.69) is 5.32 Å². The summed E-state index contributed by atoms with van der Waals surface area (Å²) in [5.41, 5.74) is 0.775. The number of rotatable bonds is 7. The van der Waals surface area contributed by atoms with Crippen LogP contribution >= 0.6 is 0 Å². The third-order valence-electron chi connectivity index (χ3n) is 4.11. The maximum Gasteiger partial charge on any atom is 0.354 e. The van der Waals surface area contributed by atoms with Crippen molar-refractivity contribution in [3.63, 3.8) is 0 Å². The van der Waals surface area contributed by atoms with E-state index in [1.807, 2.05) is 0 Å². The van der Waals surface area contributed by atoms with Gasteiger partial charge in [-0.15, -0.1) is 0 Å². The lowest BCUT2D eigenvalue weighted by atomic mass is 10.0. The fraction of sp³-hybridized carbons (Fsp3) is 0.421.